The van der Waals surface area contributed by atoms with Crippen LogP contribution in [0.3, 0.4) is 0 Å². The predicted octanol–water partition coefficient (Wildman–Crippen LogP) is 1.80. The van der Waals surface area contributed by atoms with Crippen LogP contribution < -0.4 is 15.8 Å². The summed E-state index contributed by atoms with van der Waals surface area (Å²) in [5, 5.41) is 2.87. The standard InChI is InChI=1S/C18H25N5O2/c1-6-23(10-16(24)20-11(2)3)15-8-7-14(9-19-15)17-21-13(5)12(4)18(25)22-17/h7-9,11H,6,10H2,1-5H3,(H,20,24)(H,21,22,25). The summed E-state index contributed by atoms with van der Waals surface area (Å²) in [6.45, 7) is 10.3. The molecule has 2 rings (SSSR count). The van der Waals surface area contributed by atoms with E-state index in [1.54, 1.807) is 13.1 Å². The first kappa shape index (κ1) is 18.6. The molecule has 2 aromatic heterocycles. The molecule has 0 aliphatic heterocycles. The molecule has 0 bridgehead atoms. The van der Waals surface area contributed by atoms with Gasteiger partial charge < -0.3 is 15.2 Å². The van der Waals surface area contributed by atoms with Gasteiger partial charge >= 0.3 is 0 Å². The molecule has 0 spiro atoms. The second-order valence-electron chi connectivity index (χ2n) is 6.27. The number of hydrogen-bond acceptors (Lipinski definition) is 5. The third-order valence-corrected chi connectivity index (χ3v) is 3.91. The lowest BCUT2D eigenvalue weighted by molar-refractivity contribution is -0.120. The molecule has 0 radical (unpaired) electrons. The van der Waals surface area contributed by atoms with Crippen LogP contribution in [0.4, 0.5) is 5.82 Å². The highest BCUT2D eigenvalue weighted by Gasteiger charge is 2.13. The van der Waals surface area contributed by atoms with Gasteiger partial charge in [-0.2, -0.15) is 0 Å². The van der Waals surface area contributed by atoms with Gasteiger partial charge in [-0.1, -0.05) is 0 Å². The Morgan fingerprint density at radius 3 is 2.56 bits per heavy atom. The summed E-state index contributed by atoms with van der Waals surface area (Å²) in [5.74, 6) is 1.16. The largest absolute Gasteiger partial charge is 0.352 e. The van der Waals surface area contributed by atoms with Gasteiger partial charge in [0.25, 0.3) is 5.56 Å². The topological polar surface area (TPSA) is 91.0 Å². The first-order chi connectivity index (χ1) is 11.8. The van der Waals surface area contributed by atoms with Gasteiger partial charge in [0, 0.05) is 35.6 Å². The minimum atomic E-state index is -0.146. The minimum absolute atomic E-state index is 0.0390. The Bertz CT molecular complexity index is 796. The molecule has 2 aromatic rings. The van der Waals surface area contributed by atoms with Gasteiger partial charge in [-0.3, -0.25) is 9.59 Å². The molecule has 0 saturated carbocycles. The van der Waals surface area contributed by atoms with Crippen molar-refractivity contribution in [3.63, 3.8) is 0 Å². The minimum Gasteiger partial charge on any atom is -0.352 e. The van der Waals surface area contributed by atoms with Gasteiger partial charge in [0.2, 0.25) is 5.91 Å². The van der Waals surface area contributed by atoms with Crippen molar-refractivity contribution in [1.82, 2.24) is 20.3 Å². The van der Waals surface area contributed by atoms with Crippen molar-refractivity contribution in [3.05, 3.63) is 39.9 Å². The van der Waals surface area contributed by atoms with Gasteiger partial charge in [-0.25, -0.2) is 9.97 Å². The zero-order valence-corrected chi connectivity index (χ0v) is 15.4. The molecule has 7 heteroatoms. The molecule has 0 fully saturated rings. The molecule has 7 nitrogen and oxygen atoms in total. The molecule has 2 N–H and O–H groups in total. The summed E-state index contributed by atoms with van der Waals surface area (Å²) in [6.07, 6.45) is 1.66. The Hall–Kier alpha value is -2.70. The number of pyridine rings is 1. The van der Waals surface area contributed by atoms with E-state index in [0.717, 1.165) is 5.56 Å². The van der Waals surface area contributed by atoms with Crippen molar-refractivity contribution in [3.8, 4) is 11.4 Å². The van der Waals surface area contributed by atoms with E-state index in [1.807, 2.05) is 44.7 Å². The first-order valence-electron chi connectivity index (χ1n) is 8.40. The summed E-state index contributed by atoms with van der Waals surface area (Å²) < 4.78 is 0. The number of aryl methyl sites for hydroxylation is 1. The molecule has 1 amide bonds. The molecule has 0 aliphatic carbocycles. The molecular formula is C18H25N5O2. The maximum absolute atomic E-state index is 12.0. The number of H-pyrrole nitrogens is 1. The maximum Gasteiger partial charge on any atom is 0.254 e. The zero-order chi connectivity index (χ0) is 18.6. The average Bonchev–Trinajstić information content (AvgIpc) is 2.56. The second-order valence-corrected chi connectivity index (χ2v) is 6.27. The van der Waals surface area contributed by atoms with Crippen LogP contribution in [0.1, 0.15) is 32.0 Å². The molecule has 2 heterocycles. The normalized spacial score (nSPS) is 10.8. The quantitative estimate of drug-likeness (QED) is 0.834. The summed E-state index contributed by atoms with van der Waals surface area (Å²) in [7, 11) is 0. The van der Waals surface area contributed by atoms with Crippen molar-refractivity contribution in [1.29, 1.82) is 0 Å². The van der Waals surface area contributed by atoms with Gasteiger partial charge in [0.1, 0.15) is 11.6 Å². The lowest BCUT2D eigenvalue weighted by Gasteiger charge is -2.22. The summed E-state index contributed by atoms with van der Waals surface area (Å²) in [5.41, 5.74) is 1.89. The van der Waals surface area contributed by atoms with Crippen LogP contribution >= 0.6 is 0 Å². The van der Waals surface area contributed by atoms with Crippen LogP contribution in [0.15, 0.2) is 23.1 Å². The van der Waals surface area contributed by atoms with Crippen LogP contribution in [0, 0.1) is 13.8 Å². The Balaban J connectivity index is 2.20. The Morgan fingerprint density at radius 1 is 1.32 bits per heavy atom. The predicted molar refractivity (Wildman–Crippen MR) is 98.7 cm³/mol. The Kier molecular flexibility index (Phi) is 5.90. The van der Waals surface area contributed by atoms with Crippen molar-refractivity contribution in [2.24, 2.45) is 0 Å². The number of aromatic amines is 1. The van der Waals surface area contributed by atoms with Crippen LogP contribution in [0.25, 0.3) is 11.4 Å². The van der Waals surface area contributed by atoms with Crippen LogP contribution in [-0.2, 0) is 4.79 Å². The van der Waals surface area contributed by atoms with E-state index < -0.39 is 0 Å². The fourth-order valence-corrected chi connectivity index (χ4v) is 2.39. The summed E-state index contributed by atoms with van der Waals surface area (Å²) in [4.78, 5) is 37.3. The monoisotopic (exact) mass is 343 g/mol. The number of likely N-dealkylation sites (N-methyl/N-ethyl adjacent to an activating group) is 1. The fourth-order valence-electron chi connectivity index (χ4n) is 2.39. The number of amides is 1. The van der Waals surface area contributed by atoms with Crippen LogP contribution in [0.5, 0.6) is 0 Å². The smallest absolute Gasteiger partial charge is 0.254 e. The average molecular weight is 343 g/mol. The number of rotatable bonds is 6. The van der Waals surface area contributed by atoms with Crippen molar-refractivity contribution in [2.75, 3.05) is 18.0 Å². The Morgan fingerprint density at radius 2 is 2.04 bits per heavy atom. The molecular weight excluding hydrogens is 318 g/mol. The SMILES string of the molecule is CCN(CC(=O)NC(C)C)c1ccc(-c2nc(C)c(C)c(=O)[nH]2)cn1. The number of nitrogens with one attached hydrogen (secondary N) is 2. The van der Waals surface area contributed by atoms with Gasteiger partial charge in [0.15, 0.2) is 0 Å². The summed E-state index contributed by atoms with van der Waals surface area (Å²) >= 11 is 0. The number of nitrogens with zero attached hydrogens (tertiary/aromatic N) is 3. The molecule has 0 aromatic carbocycles. The van der Waals surface area contributed by atoms with Crippen molar-refractivity contribution < 1.29 is 4.79 Å². The van der Waals surface area contributed by atoms with E-state index >= 15 is 0 Å². The highest BCUT2D eigenvalue weighted by Crippen LogP contribution is 2.17. The number of anilines is 1. The van der Waals surface area contributed by atoms with Crippen LogP contribution in [-0.4, -0.2) is 40.0 Å². The second kappa shape index (κ2) is 7.92. The maximum atomic E-state index is 12.0. The Labute approximate surface area is 147 Å². The number of hydrogen-bond donors (Lipinski definition) is 2. The van der Waals surface area contributed by atoms with E-state index in [2.05, 4.69) is 20.3 Å². The van der Waals surface area contributed by atoms with Crippen LogP contribution in [0.2, 0.25) is 0 Å². The van der Waals surface area contributed by atoms with E-state index in [4.69, 9.17) is 0 Å². The highest BCUT2D eigenvalue weighted by molar-refractivity contribution is 5.81. The van der Waals surface area contributed by atoms with Gasteiger partial charge in [-0.05, 0) is 46.8 Å². The molecule has 25 heavy (non-hydrogen) atoms. The number of carbonyl (C=O) groups excluding carboxylic acids is 1. The lowest BCUT2D eigenvalue weighted by atomic mass is 10.2. The molecule has 0 unspecified atom stereocenters. The molecule has 0 atom stereocenters. The van der Waals surface area contributed by atoms with Gasteiger partial charge in [-0.15, -0.1) is 0 Å². The zero-order valence-electron chi connectivity index (χ0n) is 15.4. The van der Waals surface area contributed by atoms with E-state index in [-0.39, 0.29) is 24.1 Å². The van der Waals surface area contributed by atoms with E-state index in [0.29, 0.717) is 29.4 Å². The van der Waals surface area contributed by atoms with Gasteiger partial charge in [0.05, 0.1) is 6.54 Å². The first-order valence-corrected chi connectivity index (χ1v) is 8.40. The van der Waals surface area contributed by atoms with Crippen molar-refractivity contribution >= 4 is 11.7 Å². The molecule has 0 aliphatic rings. The van der Waals surface area contributed by atoms with E-state index in [9.17, 15) is 9.59 Å². The fraction of sp³-hybridized carbons (Fsp3) is 0.444. The lowest BCUT2D eigenvalue weighted by Crippen LogP contribution is -2.40. The third-order valence-electron chi connectivity index (χ3n) is 3.91. The number of carbonyl (C=O) groups is 1. The van der Waals surface area contributed by atoms with E-state index in [1.165, 1.54) is 0 Å². The van der Waals surface area contributed by atoms with Crippen molar-refractivity contribution in [2.45, 2.75) is 40.7 Å². The third kappa shape index (κ3) is 4.65. The summed E-state index contributed by atoms with van der Waals surface area (Å²) in [6, 6.07) is 3.78. The highest BCUT2D eigenvalue weighted by atomic mass is 16.2. The molecule has 134 valence electrons. The molecule has 0 saturated heterocycles. The number of aromatic nitrogens is 3.